The van der Waals surface area contributed by atoms with Crippen LogP contribution in [0.5, 0.6) is 0 Å². The molecular formula is C16H18BrN3. The maximum atomic E-state index is 5.97. The minimum Gasteiger partial charge on any atom is -0.384 e. The van der Waals surface area contributed by atoms with Crippen molar-refractivity contribution >= 4 is 21.7 Å². The standard InChI is InChI=1S/C16H18BrN3/c1-10-6-7-12(8-13(10)17)16-19-14(9-15(18)20-16)11-4-2-3-5-11/h6-9,11H,2-5H2,1H3,(H2,18,19,20). The fourth-order valence-electron chi connectivity index (χ4n) is 2.78. The summed E-state index contributed by atoms with van der Waals surface area (Å²) >= 11 is 3.56. The average Bonchev–Trinajstić information content (AvgIpc) is 2.95. The van der Waals surface area contributed by atoms with Gasteiger partial charge in [0.15, 0.2) is 5.82 Å². The third kappa shape index (κ3) is 2.70. The Kier molecular flexibility index (Phi) is 3.74. The summed E-state index contributed by atoms with van der Waals surface area (Å²) < 4.78 is 1.07. The minimum atomic E-state index is 0.549. The molecule has 2 N–H and O–H groups in total. The largest absolute Gasteiger partial charge is 0.384 e. The first-order valence-electron chi connectivity index (χ1n) is 7.04. The van der Waals surface area contributed by atoms with E-state index in [-0.39, 0.29) is 0 Å². The molecular weight excluding hydrogens is 314 g/mol. The first kappa shape index (κ1) is 13.6. The lowest BCUT2D eigenvalue weighted by molar-refractivity contribution is 0.696. The Morgan fingerprint density at radius 3 is 2.60 bits per heavy atom. The van der Waals surface area contributed by atoms with E-state index >= 15 is 0 Å². The molecule has 3 rings (SSSR count). The Morgan fingerprint density at radius 2 is 1.90 bits per heavy atom. The van der Waals surface area contributed by atoms with Crippen LogP contribution in [0.4, 0.5) is 5.82 Å². The van der Waals surface area contributed by atoms with Gasteiger partial charge in [-0.25, -0.2) is 9.97 Å². The molecule has 1 aromatic heterocycles. The van der Waals surface area contributed by atoms with Gasteiger partial charge < -0.3 is 5.73 Å². The van der Waals surface area contributed by atoms with Crippen molar-refractivity contribution in [2.45, 2.75) is 38.5 Å². The van der Waals surface area contributed by atoms with Crippen LogP contribution >= 0.6 is 15.9 Å². The van der Waals surface area contributed by atoms with Crippen LogP contribution in [-0.2, 0) is 0 Å². The Labute approximate surface area is 127 Å². The maximum absolute atomic E-state index is 5.97. The summed E-state index contributed by atoms with van der Waals surface area (Å²) in [5.74, 6) is 1.84. The van der Waals surface area contributed by atoms with Gasteiger partial charge in [-0.3, -0.25) is 0 Å². The van der Waals surface area contributed by atoms with Gasteiger partial charge in [0.1, 0.15) is 5.82 Å². The highest BCUT2D eigenvalue weighted by atomic mass is 79.9. The molecule has 3 nitrogen and oxygen atoms in total. The van der Waals surface area contributed by atoms with Crippen LogP contribution in [0.1, 0.15) is 42.9 Å². The summed E-state index contributed by atoms with van der Waals surface area (Å²) in [6.07, 6.45) is 5.01. The molecule has 2 aromatic rings. The van der Waals surface area contributed by atoms with Crippen molar-refractivity contribution in [1.29, 1.82) is 0 Å². The van der Waals surface area contributed by atoms with Crippen LogP contribution in [0.3, 0.4) is 0 Å². The second-order valence-electron chi connectivity index (χ2n) is 5.49. The molecule has 0 saturated heterocycles. The number of benzene rings is 1. The van der Waals surface area contributed by atoms with Crippen LogP contribution in [0.2, 0.25) is 0 Å². The van der Waals surface area contributed by atoms with Crippen LogP contribution in [-0.4, -0.2) is 9.97 Å². The molecule has 0 bridgehead atoms. The number of hydrogen-bond acceptors (Lipinski definition) is 3. The zero-order valence-electron chi connectivity index (χ0n) is 11.6. The van der Waals surface area contributed by atoms with Gasteiger partial charge in [-0.05, 0) is 31.4 Å². The van der Waals surface area contributed by atoms with E-state index in [1.807, 2.05) is 12.1 Å². The Morgan fingerprint density at radius 1 is 1.15 bits per heavy atom. The van der Waals surface area contributed by atoms with E-state index in [2.05, 4.69) is 40.0 Å². The van der Waals surface area contributed by atoms with Crippen molar-refractivity contribution < 1.29 is 0 Å². The molecule has 104 valence electrons. The highest BCUT2D eigenvalue weighted by molar-refractivity contribution is 9.10. The Hall–Kier alpha value is -1.42. The van der Waals surface area contributed by atoms with Crippen molar-refractivity contribution in [3.8, 4) is 11.4 Å². The van der Waals surface area contributed by atoms with Gasteiger partial charge in [0.25, 0.3) is 0 Å². The fraction of sp³-hybridized carbons (Fsp3) is 0.375. The number of anilines is 1. The molecule has 0 aliphatic heterocycles. The number of halogens is 1. The number of nitrogens with zero attached hydrogens (tertiary/aromatic N) is 2. The molecule has 0 spiro atoms. The molecule has 0 atom stereocenters. The van der Waals surface area contributed by atoms with E-state index in [1.54, 1.807) is 0 Å². The molecule has 4 heteroatoms. The number of nitrogen functional groups attached to an aromatic ring is 1. The quantitative estimate of drug-likeness (QED) is 0.884. The van der Waals surface area contributed by atoms with Gasteiger partial charge in [-0.2, -0.15) is 0 Å². The van der Waals surface area contributed by atoms with Crippen molar-refractivity contribution in [2.24, 2.45) is 0 Å². The second-order valence-corrected chi connectivity index (χ2v) is 6.34. The second kappa shape index (κ2) is 5.52. The molecule has 20 heavy (non-hydrogen) atoms. The van der Waals surface area contributed by atoms with Crippen LogP contribution < -0.4 is 5.73 Å². The summed E-state index contributed by atoms with van der Waals surface area (Å²) in [7, 11) is 0. The summed E-state index contributed by atoms with van der Waals surface area (Å²) in [6, 6.07) is 8.11. The van der Waals surface area contributed by atoms with Crippen molar-refractivity contribution in [3.63, 3.8) is 0 Å². The zero-order valence-corrected chi connectivity index (χ0v) is 13.2. The van der Waals surface area contributed by atoms with E-state index in [4.69, 9.17) is 10.7 Å². The molecule has 1 heterocycles. The van der Waals surface area contributed by atoms with Crippen LogP contribution in [0.25, 0.3) is 11.4 Å². The van der Waals surface area contributed by atoms with E-state index in [9.17, 15) is 0 Å². The summed E-state index contributed by atoms with van der Waals surface area (Å²) in [4.78, 5) is 9.14. The van der Waals surface area contributed by atoms with Crippen LogP contribution in [0, 0.1) is 6.92 Å². The topological polar surface area (TPSA) is 51.8 Å². The molecule has 1 saturated carbocycles. The molecule has 0 radical (unpaired) electrons. The van der Waals surface area contributed by atoms with Gasteiger partial charge >= 0.3 is 0 Å². The highest BCUT2D eigenvalue weighted by Crippen LogP contribution is 2.34. The SMILES string of the molecule is Cc1ccc(-c2nc(N)cc(C3CCCC3)n2)cc1Br. The van der Waals surface area contributed by atoms with E-state index in [0.29, 0.717) is 11.7 Å². The highest BCUT2D eigenvalue weighted by Gasteiger charge is 2.20. The number of nitrogens with two attached hydrogens (primary N) is 1. The third-order valence-corrected chi connectivity index (χ3v) is 4.82. The lowest BCUT2D eigenvalue weighted by atomic mass is 10.0. The van der Waals surface area contributed by atoms with E-state index < -0.39 is 0 Å². The van der Waals surface area contributed by atoms with Crippen LogP contribution in [0.15, 0.2) is 28.7 Å². The van der Waals surface area contributed by atoms with Crippen molar-refractivity contribution in [2.75, 3.05) is 5.73 Å². The first-order chi connectivity index (χ1) is 9.63. The number of hydrogen-bond donors (Lipinski definition) is 1. The van der Waals surface area contributed by atoms with Gasteiger partial charge in [0, 0.05) is 27.7 Å². The summed E-state index contributed by atoms with van der Waals surface area (Å²) in [5, 5.41) is 0. The maximum Gasteiger partial charge on any atom is 0.161 e. The number of aromatic nitrogens is 2. The van der Waals surface area contributed by atoms with Gasteiger partial charge in [-0.15, -0.1) is 0 Å². The smallest absolute Gasteiger partial charge is 0.161 e. The lowest BCUT2D eigenvalue weighted by Crippen LogP contribution is -2.03. The van der Waals surface area contributed by atoms with E-state index in [1.165, 1.54) is 31.2 Å². The third-order valence-electron chi connectivity index (χ3n) is 3.97. The monoisotopic (exact) mass is 331 g/mol. The molecule has 1 aliphatic rings. The molecule has 1 aromatic carbocycles. The molecule has 0 amide bonds. The van der Waals surface area contributed by atoms with E-state index in [0.717, 1.165) is 21.6 Å². The predicted octanol–water partition coefficient (Wildman–Crippen LogP) is 4.45. The number of rotatable bonds is 2. The first-order valence-corrected chi connectivity index (χ1v) is 7.84. The zero-order chi connectivity index (χ0) is 14.1. The molecule has 1 fully saturated rings. The van der Waals surface area contributed by atoms with Crippen molar-refractivity contribution in [3.05, 3.63) is 40.0 Å². The Bertz CT molecular complexity index is 634. The van der Waals surface area contributed by atoms with Crippen molar-refractivity contribution in [1.82, 2.24) is 9.97 Å². The number of aryl methyl sites for hydroxylation is 1. The lowest BCUT2D eigenvalue weighted by Gasteiger charge is -2.11. The fourth-order valence-corrected chi connectivity index (χ4v) is 3.16. The Balaban J connectivity index is 2.02. The predicted molar refractivity (Wildman–Crippen MR) is 85.5 cm³/mol. The van der Waals surface area contributed by atoms with Gasteiger partial charge in [0.05, 0.1) is 0 Å². The minimum absolute atomic E-state index is 0.549. The molecule has 1 aliphatic carbocycles. The normalized spacial score (nSPS) is 15.7. The summed E-state index contributed by atoms with van der Waals surface area (Å²) in [6.45, 7) is 2.07. The molecule has 0 unspecified atom stereocenters. The van der Waals surface area contributed by atoms with Gasteiger partial charge in [0.2, 0.25) is 0 Å². The van der Waals surface area contributed by atoms with Gasteiger partial charge in [-0.1, -0.05) is 40.9 Å². The summed E-state index contributed by atoms with van der Waals surface area (Å²) in [5.41, 5.74) is 9.28. The average molecular weight is 332 g/mol.